The molecule has 1 N–H and O–H groups in total. The lowest BCUT2D eigenvalue weighted by Gasteiger charge is -2.30. The summed E-state index contributed by atoms with van der Waals surface area (Å²) < 4.78 is 7.94. The third kappa shape index (κ3) is 3.97. The molecule has 2 aliphatic rings. The number of hydrogen-bond acceptors (Lipinski definition) is 7. The second kappa shape index (κ2) is 9.38. The Hall–Kier alpha value is -4.02. The topological polar surface area (TPSA) is 107 Å². The number of allylic oxidation sites excluding steroid dienone is 1. The van der Waals surface area contributed by atoms with E-state index < -0.39 is 11.0 Å². The molecule has 1 aliphatic carbocycles. The first-order valence-corrected chi connectivity index (χ1v) is 13.4. The van der Waals surface area contributed by atoms with Crippen molar-refractivity contribution in [1.82, 2.24) is 4.57 Å². The van der Waals surface area contributed by atoms with Crippen LogP contribution in [0.2, 0.25) is 0 Å². The van der Waals surface area contributed by atoms with Gasteiger partial charge >= 0.3 is 0 Å². The normalized spacial score (nSPS) is 16.4. The van der Waals surface area contributed by atoms with Crippen LogP contribution in [0, 0.1) is 10.1 Å². The Bertz CT molecular complexity index is 1860. The summed E-state index contributed by atoms with van der Waals surface area (Å²) in [6, 6.07) is 17.3. The number of aryl methyl sites for hydroxylation is 1. The van der Waals surface area contributed by atoms with Crippen LogP contribution in [0.1, 0.15) is 34.7 Å². The summed E-state index contributed by atoms with van der Waals surface area (Å²) in [4.78, 5) is 30.5. The van der Waals surface area contributed by atoms with E-state index in [1.54, 1.807) is 28.8 Å². The summed E-state index contributed by atoms with van der Waals surface area (Å²) in [7, 11) is 1.46. The number of rotatable bonds is 4. The van der Waals surface area contributed by atoms with Crippen molar-refractivity contribution in [3.8, 4) is 11.5 Å². The first-order valence-electron chi connectivity index (χ1n) is 11.8. The first kappa shape index (κ1) is 24.3. The molecular weight excluding hydrogens is 570 g/mol. The van der Waals surface area contributed by atoms with Crippen molar-refractivity contribution in [2.24, 2.45) is 4.99 Å². The van der Waals surface area contributed by atoms with Crippen molar-refractivity contribution < 1.29 is 14.8 Å². The van der Waals surface area contributed by atoms with Crippen molar-refractivity contribution in [2.75, 3.05) is 7.11 Å². The molecule has 0 unspecified atom stereocenters. The molecule has 0 bridgehead atoms. The SMILES string of the molecule is COc1cc(Br)cc(/C=c2\sc3n(c2=O)[C@H](c2cccc([N+](=O)[O-])c2)C2=C(N=3)c3ccccc3CC2)c1O. The number of thiazole rings is 1. The third-order valence-corrected chi connectivity index (χ3v) is 8.29. The van der Waals surface area contributed by atoms with Crippen LogP contribution in [0.4, 0.5) is 5.69 Å². The van der Waals surface area contributed by atoms with Crippen LogP contribution in [0.25, 0.3) is 11.8 Å². The average molecular weight is 590 g/mol. The van der Waals surface area contributed by atoms with E-state index in [-0.39, 0.29) is 22.7 Å². The Balaban J connectivity index is 1.63. The molecule has 0 radical (unpaired) electrons. The maximum absolute atomic E-state index is 13.9. The number of phenolic OH excluding ortho intramolecular Hbond substituents is 1. The number of ether oxygens (including phenoxy) is 1. The van der Waals surface area contributed by atoms with Crippen LogP contribution < -0.4 is 19.6 Å². The van der Waals surface area contributed by atoms with Gasteiger partial charge in [0.15, 0.2) is 16.3 Å². The van der Waals surface area contributed by atoms with E-state index in [0.717, 1.165) is 23.3 Å². The van der Waals surface area contributed by atoms with Crippen molar-refractivity contribution in [2.45, 2.75) is 18.9 Å². The number of non-ortho nitro benzene ring substituents is 1. The van der Waals surface area contributed by atoms with Gasteiger partial charge in [0, 0.05) is 27.7 Å². The van der Waals surface area contributed by atoms with Gasteiger partial charge in [-0.05, 0) is 47.8 Å². The highest BCUT2D eigenvalue weighted by Gasteiger charge is 2.33. The van der Waals surface area contributed by atoms with E-state index in [1.807, 2.05) is 24.3 Å². The molecule has 8 nitrogen and oxygen atoms in total. The molecule has 0 amide bonds. The number of methoxy groups -OCH3 is 1. The van der Waals surface area contributed by atoms with Gasteiger partial charge < -0.3 is 9.84 Å². The maximum atomic E-state index is 13.9. The van der Waals surface area contributed by atoms with Gasteiger partial charge in [-0.15, -0.1) is 0 Å². The number of nitrogens with zero attached hydrogens (tertiary/aromatic N) is 3. The molecule has 1 aromatic heterocycles. The molecule has 10 heteroatoms. The average Bonchev–Trinajstić information content (AvgIpc) is 3.23. The molecule has 6 rings (SSSR count). The molecule has 4 aromatic rings. The highest BCUT2D eigenvalue weighted by molar-refractivity contribution is 9.10. The Morgan fingerprint density at radius 3 is 2.79 bits per heavy atom. The van der Waals surface area contributed by atoms with Crippen LogP contribution in [0.15, 0.2) is 80.5 Å². The highest BCUT2D eigenvalue weighted by atomic mass is 79.9. The van der Waals surface area contributed by atoms with Crippen LogP contribution in [-0.4, -0.2) is 21.7 Å². The number of halogens is 1. The third-order valence-electron chi connectivity index (χ3n) is 6.85. The Morgan fingerprint density at radius 1 is 1.18 bits per heavy atom. The molecule has 2 heterocycles. The van der Waals surface area contributed by atoms with E-state index in [2.05, 4.69) is 22.0 Å². The van der Waals surface area contributed by atoms with Gasteiger partial charge in [-0.1, -0.05) is 63.7 Å². The maximum Gasteiger partial charge on any atom is 0.271 e. The van der Waals surface area contributed by atoms with Gasteiger partial charge in [0.1, 0.15) is 0 Å². The zero-order chi connectivity index (χ0) is 26.6. The molecule has 1 aliphatic heterocycles. The summed E-state index contributed by atoms with van der Waals surface area (Å²) in [5.74, 6) is 0.199. The van der Waals surface area contributed by atoms with Gasteiger partial charge in [-0.2, -0.15) is 0 Å². The zero-order valence-electron chi connectivity index (χ0n) is 20.1. The van der Waals surface area contributed by atoms with Crippen molar-refractivity contribution in [1.29, 1.82) is 0 Å². The second-order valence-electron chi connectivity index (χ2n) is 9.01. The Labute approximate surface area is 228 Å². The number of nitro groups is 1. The van der Waals surface area contributed by atoms with Crippen LogP contribution >= 0.6 is 27.3 Å². The van der Waals surface area contributed by atoms with E-state index in [9.17, 15) is 20.0 Å². The quantitative estimate of drug-likeness (QED) is 0.274. The van der Waals surface area contributed by atoms with Gasteiger partial charge in [-0.25, -0.2) is 4.99 Å². The Morgan fingerprint density at radius 2 is 2.00 bits per heavy atom. The highest BCUT2D eigenvalue weighted by Crippen LogP contribution is 2.41. The molecular formula is C28H20BrN3O5S. The van der Waals surface area contributed by atoms with Gasteiger partial charge in [0.2, 0.25) is 0 Å². The minimum absolute atomic E-state index is 0.0360. The predicted molar refractivity (Wildman–Crippen MR) is 148 cm³/mol. The number of phenols is 1. The minimum Gasteiger partial charge on any atom is -0.504 e. The largest absolute Gasteiger partial charge is 0.504 e. The summed E-state index contributed by atoms with van der Waals surface area (Å²) >= 11 is 4.64. The minimum atomic E-state index is -0.540. The summed E-state index contributed by atoms with van der Waals surface area (Å²) in [5.41, 5.74) is 4.70. The Kier molecular flexibility index (Phi) is 6.00. The smallest absolute Gasteiger partial charge is 0.271 e. The number of benzene rings is 3. The molecule has 190 valence electrons. The molecule has 0 fully saturated rings. The number of hydrogen-bond donors (Lipinski definition) is 1. The van der Waals surface area contributed by atoms with Crippen molar-refractivity contribution in [3.63, 3.8) is 0 Å². The number of aromatic nitrogens is 1. The number of aromatic hydroxyl groups is 1. The summed E-state index contributed by atoms with van der Waals surface area (Å²) in [5, 5.41) is 22.3. The molecule has 0 spiro atoms. The molecule has 1 atom stereocenters. The first-order chi connectivity index (χ1) is 18.4. The lowest BCUT2D eigenvalue weighted by atomic mass is 9.83. The predicted octanol–water partition coefficient (Wildman–Crippen LogP) is 4.70. The van der Waals surface area contributed by atoms with E-state index in [4.69, 9.17) is 9.73 Å². The lowest BCUT2D eigenvalue weighted by Crippen LogP contribution is -2.38. The number of fused-ring (bicyclic) bond motifs is 3. The van der Waals surface area contributed by atoms with Gasteiger partial charge in [0.05, 0.1) is 28.3 Å². The molecule has 0 saturated carbocycles. The second-order valence-corrected chi connectivity index (χ2v) is 10.9. The molecule has 38 heavy (non-hydrogen) atoms. The van der Waals surface area contributed by atoms with Crippen LogP contribution in [0.5, 0.6) is 11.5 Å². The summed E-state index contributed by atoms with van der Waals surface area (Å²) in [6.45, 7) is 0. The fourth-order valence-corrected chi connectivity index (χ4v) is 6.58. The van der Waals surface area contributed by atoms with Crippen LogP contribution in [0.3, 0.4) is 0 Å². The lowest BCUT2D eigenvalue weighted by molar-refractivity contribution is -0.384. The van der Waals surface area contributed by atoms with E-state index >= 15 is 0 Å². The fourth-order valence-electron chi connectivity index (χ4n) is 5.13. The standard InChI is InChI=1S/C28H20BrN3O5S/c1-37-22-14-18(29)11-17(26(22)33)13-23-27(34)31-25(16-6-4-7-19(12-16)32(35)36)21-10-9-15-5-2-3-8-20(15)24(21)30-28(31)38-23/h2-8,11-14,25,33H,9-10H2,1H3/b23-13-/t25-/m1/s1. The van der Waals surface area contributed by atoms with E-state index in [0.29, 0.717) is 31.4 Å². The molecule has 0 saturated heterocycles. The summed E-state index contributed by atoms with van der Waals surface area (Å²) in [6.07, 6.45) is 3.08. The zero-order valence-corrected chi connectivity index (χ0v) is 22.5. The van der Waals surface area contributed by atoms with Crippen molar-refractivity contribution in [3.05, 3.63) is 123 Å². The van der Waals surface area contributed by atoms with Crippen LogP contribution in [-0.2, 0) is 6.42 Å². The fraction of sp³-hybridized carbons (Fsp3) is 0.143. The number of nitro benzene ring substituents is 1. The van der Waals surface area contributed by atoms with Gasteiger partial charge in [0.25, 0.3) is 11.2 Å². The molecule has 3 aromatic carbocycles. The van der Waals surface area contributed by atoms with E-state index in [1.165, 1.54) is 36.1 Å². The monoisotopic (exact) mass is 589 g/mol. The van der Waals surface area contributed by atoms with Crippen molar-refractivity contribution >= 4 is 44.7 Å². The van der Waals surface area contributed by atoms with Gasteiger partial charge in [-0.3, -0.25) is 19.5 Å².